The topological polar surface area (TPSA) is 32.3 Å². The fourth-order valence-electron chi connectivity index (χ4n) is 1.96. The molecule has 3 nitrogen and oxygen atoms in total. The highest BCUT2D eigenvalue weighted by Crippen LogP contribution is 2.32. The van der Waals surface area contributed by atoms with Gasteiger partial charge < -0.3 is 5.32 Å². The molecule has 0 saturated carbocycles. The van der Waals surface area contributed by atoms with Crippen molar-refractivity contribution in [1.29, 1.82) is 0 Å². The summed E-state index contributed by atoms with van der Waals surface area (Å²) < 4.78 is -1.59. The molecule has 1 aromatic carbocycles. The number of carbonyl (C=O) groups excluding carboxylic acids is 1. The SMILES string of the molecule is CCN(CC)[C@H](NC(=O)c1cccc(C)c1)C(Cl)(Cl)Cl. The molecule has 0 saturated heterocycles. The minimum atomic E-state index is -1.59. The second-order valence-corrected chi connectivity index (χ2v) is 6.88. The third kappa shape index (κ3) is 4.81. The van der Waals surface area contributed by atoms with Crippen molar-refractivity contribution in [3.63, 3.8) is 0 Å². The Morgan fingerprint density at radius 2 is 1.90 bits per heavy atom. The van der Waals surface area contributed by atoms with Crippen LogP contribution in [0.1, 0.15) is 29.8 Å². The molecule has 0 aromatic heterocycles. The van der Waals surface area contributed by atoms with Crippen LogP contribution in [-0.4, -0.2) is 33.9 Å². The van der Waals surface area contributed by atoms with Crippen LogP contribution >= 0.6 is 34.8 Å². The molecule has 6 heteroatoms. The molecule has 0 spiro atoms. The molecule has 1 atom stereocenters. The number of aryl methyl sites for hydroxylation is 1. The lowest BCUT2D eigenvalue weighted by atomic mass is 10.1. The first kappa shape index (κ1) is 17.6. The molecule has 20 heavy (non-hydrogen) atoms. The van der Waals surface area contributed by atoms with Crippen LogP contribution < -0.4 is 5.32 Å². The van der Waals surface area contributed by atoms with Gasteiger partial charge in [0.05, 0.1) is 0 Å². The number of nitrogens with zero attached hydrogens (tertiary/aromatic N) is 1. The molecule has 1 N–H and O–H groups in total. The molecule has 0 radical (unpaired) electrons. The summed E-state index contributed by atoms with van der Waals surface area (Å²) in [6.07, 6.45) is -0.671. The van der Waals surface area contributed by atoms with Crippen molar-refractivity contribution >= 4 is 40.7 Å². The largest absolute Gasteiger partial charge is 0.332 e. The van der Waals surface area contributed by atoms with Gasteiger partial charge in [-0.2, -0.15) is 0 Å². The van der Waals surface area contributed by atoms with E-state index in [1.54, 1.807) is 12.1 Å². The summed E-state index contributed by atoms with van der Waals surface area (Å²) in [7, 11) is 0. The third-order valence-electron chi connectivity index (χ3n) is 3.04. The molecular formula is C14H19Cl3N2O. The first-order valence-corrected chi connectivity index (χ1v) is 7.61. The number of benzene rings is 1. The normalized spacial score (nSPS) is 13.3. The lowest BCUT2D eigenvalue weighted by Crippen LogP contribution is -2.55. The number of rotatable bonds is 5. The highest BCUT2D eigenvalue weighted by molar-refractivity contribution is 6.68. The van der Waals surface area contributed by atoms with E-state index in [0.29, 0.717) is 18.7 Å². The Labute approximate surface area is 135 Å². The van der Waals surface area contributed by atoms with Gasteiger partial charge in [-0.3, -0.25) is 9.69 Å². The Kier molecular flexibility index (Phi) is 6.59. The van der Waals surface area contributed by atoms with E-state index in [4.69, 9.17) is 34.8 Å². The lowest BCUT2D eigenvalue weighted by molar-refractivity contribution is 0.0862. The van der Waals surface area contributed by atoms with Gasteiger partial charge in [-0.05, 0) is 32.1 Å². The van der Waals surface area contributed by atoms with Crippen molar-refractivity contribution in [2.45, 2.75) is 30.7 Å². The van der Waals surface area contributed by atoms with Crippen LogP contribution in [0.4, 0.5) is 0 Å². The fraction of sp³-hybridized carbons (Fsp3) is 0.500. The summed E-state index contributed by atoms with van der Waals surface area (Å²) in [6.45, 7) is 7.16. The second kappa shape index (κ2) is 7.51. The first-order valence-electron chi connectivity index (χ1n) is 6.47. The molecule has 1 rings (SSSR count). The number of hydrogen-bond donors (Lipinski definition) is 1. The summed E-state index contributed by atoms with van der Waals surface area (Å²) in [5.74, 6) is -0.253. The Balaban J connectivity index is 2.93. The van der Waals surface area contributed by atoms with Crippen LogP contribution in [0.5, 0.6) is 0 Å². The van der Waals surface area contributed by atoms with Crippen LogP contribution in [0, 0.1) is 6.92 Å². The maximum atomic E-state index is 12.3. The Morgan fingerprint density at radius 3 is 2.35 bits per heavy atom. The van der Waals surface area contributed by atoms with Crippen molar-refractivity contribution in [1.82, 2.24) is 10.2 Å². The number of carbonyl (C=O) groups is 1. The van der Waals surface area contributed by atoms with Crippen LogP contribution in [-0.2, 0) is 0 Å². The summed E-state index contributed by atoms with van der Waals surface area (Å²) >= 11 is 18.0. The van der Waals surface area contributed by atoms with E-state index in [1.165, 1.54) is 0 Å². The maximum absolute atomic E-state index is 12.3. The predicted octanol–water partition coefficient (Wildman–Crippen LogP) is 3.76. The van der Waals surface area contributed by atoms with Gasteiger partial charge in [-0.15, -0.1) is 0 Å². The number of alkyl halides is 3. The van der Waals surface area contributed by atoms with Gasteiger partial charge >= 0.3 is 0 Å². The van der Waals surface area contributed by atoms with Crippen LogP contribution in [0.15, 0.2) is 24.3 Å². The first-order chi connectivity index (χ1) is 9.29. The summed E-state index contributed by atoms with van der Waals surface area (Å²) in [4.78, 5) is 14.2. The highest BCUT2D eigenvalue weighted by atomic mass is 35.6. The van der Waals surface area contributed by atoms with Gasteiger partial charge in [-0.1, -0.05) is 66.3 Å². The Morgan fingerprint density at radius 1 is 1.30 bits per heavy atom. The molecule has 0 fully saturated rings. The number of halogens is 3. The van der Waals surface area contributed by atoms with E-state index in [2.05, 4.69) is 5.32 Å². The molecule has 0 heterocycles. The van der Waals surface area contributed by atoms with Crippen molar-refractivity contribution in [3.8, 4) is 0 Å². The van der Waals surface area contributed by atoms with Gasteiger partial charge in [-0.25, -0.2) is 0 Å². The van der Waals surface area contributed by atoms with Crippen LogP contribution in [0.25, 0.3) is 0 Å². The molecule has 112 valence electrons. The fourth-order valence-corrected chi connectivity index (χ4v) is 2.54. The van der Waals surface area contributed by atoms with Gasteiger partial charge in [0.15, 0.2) is 0 Å². The van der Waals surface area contributed by atoms with E-state index in [0.717, 1.165) is 5.56 Å². The monoisotopic (exact) mass is 336 g/mol. The van der Waals surface area contributed by atoms with Gasteiger partial charge in [0, 0.05) is 5.56 Å². The molecule has 1 aromatic rings. The number of amides is 1. The average molecular weight is 338 g/mol. The van der Waals surface area contributed by atoms with Gasteiger partial charge in [0.1, 0.15) is 6.17 Å². The Bertz CT molecular complexity index is 456. The molecular weight excluding hydrogens is 319 g/mol. The minimum Gasteiger partial charge on any atom is -0.332 e. The third-order valence-corrected chi connectivity index (χ3v) is 3.66. The zero-order valence-electron chi connectivity index (χ0n) is 11.8. The zero-order valence-corrected chi connectivity index (χ0v) is 14.1. The molecule has 0 aliphatic heterocycles. The zero-order chi connectivity index (χ0) is 15.3. The summed E-state index contributed by atoms with van der Waals surface area (Å²) in [6, 6.07) is 7.28. The molecule has 1 amide bonds. The summed E-state index contributed by atoms with van der Waals surface area (Å²) in [5.41, 5.74) is 1.56. The van der Waals surface area contributed by atoms with Crippen LogP contribution in [0.3, 0.4) is 0 Å². The van der Waals surface area contributed by atoms with Crippen molar-refractivity contribution < 1.29 is 4.79 Å². The quantitative estimate of drug-likeness (QED) is 0.655. The Hall–Kier alpha value is -0.480. The van der Waals surface area contributed by atoms with E-state index < -0.39 is 9.96 Å². The van der Waals surface area contributed by atoms with E-state index >= 15 is 0 Å². The average Bonchev–Trinajstić information content (AvgIpc) is 2.37. The minimum absolute atomic E-state index is 0.253. The molecule has 0 bridgehead atoms. The molecule has 0 aliphatic carbocycles. The smallest absolute Gasteiger partial charge is 0.252 e. The molecule has 0 aliphatic rings. The van der Waals surface area contributed by atoms with E-state index in [-0.39, 0.29) is 5.91 Å². The van der Waals surface area contributed by atoms with Crippen LogP contribution in [0.2, 0.25) is 0 Å². The van der Waals surface area contributed by atoms with E-state index in [1.807, 2.05) is 37.8 Å². The maximum Gasteiger partial charge on any atom is 0.252 e. The van der Waals surface area contributed by atoms with Gasteiger partial charge in [0.25, 0.3) is 5.91 Å². The number of hydrogen-bond acceptors (Lipinski definition) is 2. The lowest BCUT2D eigenvalue weighted by Gasteiger charge is -2.35. The van der Waals surface area contributed by atoms with Crippen molar-refractivity contribution in [3.05, 3.63) is 35.4 Å². The number of nitrogens with one attached hydrogen (secondary N) is 1. The summed E-state index contributed by atoms with van der Waals surface area (Å²) in [5, 5.41) is 2.79. The standard InChI is InChI=1S/C14H19Cl3N2O/c1-4-19(5-2)13(14(15,16)17)18-12(20)11-8-6-7-10(3)9-11/h6-9,13H,4-5H2,1-3H3,(H,18,20)/t13-/m0/s1. The van der Waals surface area contributed by atoms with Gasteiger partial charge in [0.2, 0.25) is 3.79 Å². The predicted molar refractivity (Wildman–Crippen MR) is 85.6 cm³/mol. The molecule has 0 unspecified atom stereocenters. The van der Waals surface area contributed by atoms with Crippen molar-refractivity contribution in [2.24, 2.45) is 0 Å². The van der Waals surface area contributed by atoms with E-state index in [9.17, 15) is 4.79 Å². The van der Waals surface area contributed by atoms with Crippen molar-refractivity contribution in [2.75, 3.05) is 13.1 Å². The highest BCUT2D eigenvalue weighted by Gasteiger charge is 2.37. The second-order valence-electron chi connectivity index (χ2n) is 4.51.